The molecule has 8 nitrogen and oxygen atoms in total. The Morgan fingerprint density at radius 3 is 2.60 bits per heavy atom. The van der Waals surface area contributed by atoms with Crippen LogP contribution in [0.1, 0.15) is 35.9 Å². The average molecular weight is 370 g/mol. The quantitative estimate of drug-likeness (QED) is 0.773. The lowest BCUT2D eigenvalue weighted by Crippen LogP contribution is -2.58. The molecule has 3 heterocycles. The van der Waals surface area contributed by atoms with Gasteiger partial charge in [0, 0.05) is 32.7 Å². The second kappa shape index (κ2) is 6.69. The topological polar surface area (TPSA) is 84.7 Å². The van der Waals surface area contributed by atoms with Crippen LogP contribution in [0.5, 0.6) is 0 Å². The minimum Gasteiger partial charge on any atom is -0.372 e. The number of likely N-dealkylation sites (tertiary alicyclic amines) is 1. The van der Waals surface area contributed by atoms with Crippen molar-refractivity contribution in [2.45, 2.75) is 38.8 Å². The lowest BCUT2D eigenvalue weighted by Gasteiger charge is -2.46. The number of hydrogen-bond acceptors (Lipinski definition) is 5. The number of morpholine rings is 1. The SMILES string of the molecule is CCn1nc(C)cc1C(=O)N1CCC2(CC1)CN(S(C)(=O)=O)CCO2. The highest BCUT2D eigenvalue weighted by molar-refractivity contribution is 7.88. The van der Waals surface area contributed by atoms with Gasteiger partial charge in [-0.2, -0.15) is 9.40 Å². The summed E-state index contributed by atoms with van der Waals surface area (Å²) in [5.74, 6) is -0.0203. The number of carbonyl (C=O) groups is 1. The van der Waals surface area contributed by atoms with E-state index in [-0.39, 0.29) is 5.91 Å². The van der Waals surface area contributed by atoms with Crippen molar-refractivity contribution in [1.29, 1.82) is 0 Å². The number of nitrogens with zero attached hydrogens (tertiary/aromatic N) is 4. The molecule has 0 N–H and O–H groups in total. The van der Waals surface area contributed by atoms with E-state index in [9.17, 15) is 13.2 Å². The second-order valence-corrected chi connectivity index (χ2v) is 8.89. The molecule has 2 aliphatic heterocycles. The Hall–Kier alpha value is -1.45. The Bertz CT molecular complexity index is 750. The summed E-state index contributed by atoms with van der Waals surface area (Å²) in [6, 6.07) is 1.82. The zero-order valence-electron chi connectivity index (χ0n) is 15.1. The molecular formula is C16H26N4O4S. The number of amides is 1. The van der Waals surface area contributed by atoms with Crippen LogP contribution in [-0.4, -0.2) is 78.0 Å². The first-order chi connectivity index (χ1) is 11.7. The Morgan fingerprint density at radius 2 is 2.00 bits per heavy atom. The fourth-order valence-electron chi connectivity index (χ4n) is 3.63. The molecule has 0 aromatic carbocycles. The van der Waals surface area contributed by atoms with Crippen LogP contribution in [0.25, 0.3) is 0 Å². The molecule has 0 radical (unpaired) electrons. The highest BCUT2D eigenvalue weighted by Gasteiger charge is 2.43. The van der Waals surface area contributed by atoms with Crippen LogP contribution in [0.4, 0.5) is 0 Å². The predicted octanol–water partition coefficient (Wildman–Crippen LogP) is 0.478. The van der Waals surface area contributed by atoms with Crippen LogP contribution in [0.2, 0.25) is 0 Å². The molecule has 1 aromatic heterocycles. The third kappa shape index (κ3) is 3.73. The standard InChI is InChI=1S/C16H26N4O4S/c1-4-20-14(11-13(2)17-20)15(21)18-7-5-16(6-8-18)12-19(9-10-24-16)25(3,22)23/h11H,4-10,12H2,1-3H3. The van der Waals surface area contributed by atoms with Crippen molar-refractivity contribution < 1.29 is 17.9 Å². The molecule has 0 atom stereocenters. The number of ether oxygens (including phenoxy) is 1. The van der Waals surface area contributed by atoms with Gasteiger partial charge in [-0.15, -0.1) is 0 Å². The summed E-state index contributed by atoms with van der Waals surface area (Å²) in [5.41, 5.74) is 0.968. The van der Waals surface area contributed by atoms with E-state index in [1.54, 1.807) is 4.68 Å². The Morgan fingerprint density at radius 1 is 1.32 bits per heavy atom. The highest BCUT2D eigenvalue weighted by Crippen LogP contribution is 2.31. The van der Waals surface area contributed by atoms with Crippen LogP contribution in [0.3, 0.4) is 0 Å². The highest BCUT2D eigenvalue weighted by atomic mass is 32.2. The number of rotatable bonds is 3. The fraction of sp³-hybridized carbons (Fsp3) is 0.750. The van der Waals surface area contributed by atoms with Crippen molar-refractivity contribution >= 4 is 15.9 Å². The smallest absolute Gasteiger partial charge is 0.272 e. The first kappa shape index (κ1) is 18.3. The van der Waals surface area contributed by atoms with E-state index in [1.807, 2.05) is 24.8 Å². The zero-order chi connectivity index (χ0) is 18.2. The van der Waals surface area contributed by atoms with E-state index >= 15 is 0 Å². The van der Waals surface area contributed by atoms with Crippen molar-refractivity contribution in [3.63, 3.8) is 0 Å². The number of hydrogen-bond donors (Lipinski definition) is 0. The van der Waals surface area contributed by atoms with Crippen molar-refractivity contribution in [3.05, 3.63) is 17.5 Å². The molecule has 140 valence electrons. The number of aryl methyl sites for hydroxylation is 2. The van der Waals surface area contributed by atoms with Gasteiger partial charge in [0.1, 0.15) is 5.69 Å². The van der Waals surface area contributed by atoms with Gasteiger partial charge in [0.15, 0.2) is 0 Å². The van der Waals surface area contributed by atoms with Gasteiger partial charge in [-0.05, 0) is 32.8 Å². The lowest BCUT2D eigenvalue weighted by molar-refractivity contribution is -0.115. The van der Waals surface area contributed by atoms with Gasteiger partial charge < -0.3 is 9.64 Å². The van der Waals surface area contributed by atoms with Crippen LogP contribution < -0.4 is 0 Å². The number of aromatic nitrogens is 2. The van der Waals surface area contributed by atoms with Crippen LogP contribution in [0.15, 0.2) is 6.07 Å². The summed E-state index contributed by atoms with van der Waals surface area (Å²) < 4.78 is 32.8. The molecule has 0 aliphatic carbocycles. The largest absolute Gasteiger partial charge is 0.372 e. The molecule has 0 unspecified atom stereocenters. The van der Waals surface area contributed by atoms with E-state index in [4.69, 9.17) is 4.74 Å². The Balaban J connectivity index is 1.68. The molecule has 1 amide bonds. The van der Waals surface area contributed by atoms with Gasteiger partial charge in [-0.3, -0.25) is 9.48 Å². The molecule has 3 rings (SSSR count). The van der Waals surface area contributed by atoms with Crippen LogP contribution in [-0.2, 0) is 21.3 Å². The summed E-state index contributed by atoms with van der Waals surface area (Å²) in [7, 11) is -3.22. The third-order valence-corrected chi connectivity index (χ3v) is 6.31. The first-order valence-electron chi connectivity index (χ1n) is 8.67. The molecule has 2 aliphatic rings. The van der Waals surface area contributed by atoms with Gasteiger partial charge >= 0.3 is 0 Å². The molecule has 25 heavy (non-hydrogen) atoms. The maximum atomic E-state index is 12.8. The predicted molar refractivity (Wildman–Crippen MR) is 92.9 cm³/mol. The molecule has 2 saturated heterocycles. The average Bonchev–Trinajstić information content (AvgIpc) is 2.95. The maximum Gasteiger partial charge on any atom is 0.272 e. The van der Waals surface area contributed by atoms with Crippen LogP contribution in [0, 0.1) is 6.92 Å². The van der Waals surface area contributed by atoms with Gasteiger partial charge in [-0.25, -0.2) is 8.42 Å². The van der Waals surface area contributed by atoms with Gasteiger partial charge in [0.2, 0.25) is 10.0 Å². The van der Waals surface area contributed by atoms with E-state index in [1.165, 1.54) is 10.6 Å². The van der Waals surface area contributed by atoms with E-state index in [2.05, 4.69) is 5.10 Å². The Labute approximate surface area is 148 Å². The van der Waals surface area contributed by atoms with Gasteiger partial charge in [0.25, 0.3) is 5.91 Å². The lowest BCUT2D eigenvalue weighted by atomic mass is 9.90. The zero-order valence-corrected chi connectivity index (χ0v) is 15.9. The summed E-state index contributed by atoms with van der Waals surface area (Å²) in [4.78, 5) is 14.6. The summed E-state index contributed by atoms with van der Waals surface area (Å²) in [5, 5.41) is 4.34. The maximum absolute atomic E-state index is 12.8. The first-order valence-corrected chi connectivity index (χ1v) is 10.5. The Kier molecular flexibility index (Phi) is 4.91. The van der Waals surface area contributed by atoms with E-state index in [0.717, 1.165) is 5.69 Å². The third-order valence-electron chi connectivity index (χ3n) is 5.07. The summed E-state index contributed by atoms with van der Waals surface area (Å²) >= 11 is 0. The minimum atomic E-state index is -3.22. The normalized spacial score (nSPS) is 21.6. The van der Waals surface area contributed by atoms with E-state index < -0.39 is 15.6 Å². The second-order valence-electron chi connectivity index (χ2n) is 6.91. The molecule has 9 heteroatoms. The van der Waals surface area contributed by atoms with E-state index in [0.29, 0.717) is 57.9 Å². The van der Waals surface area contributed by atoms with Gasteiger partial charge in [0.05, 0.1) is 24.2 Å². The number of sulfonamides is 1. The van der Waals surface area contributed by atoms with Gasteiger partial charge in [-0.1, -0.05) is 0 Å². The molecule has 1 aromatic rings. The number of carbonyl (C=O) groups excluding carboxylic acids is 1. The van der Waals surface area contributed by atoms with Crippen molar-refractivity contribution in [1.82, 2.24) is 19.0 Å². The molecule has 1 spiro atoms. The fourth-order valence-corrected chi connectivity index (χ4v) is 4.51. The van der Waals surface area contributed by atoms with Crippen molar-refractivity contribution in [2.24, 2.45) is 0 Å². The molecule has 2 fully saturated rings. The van der Waals surface area contributed by atoms with Crippen molar-refractivity contribution in [3.8, 4) is 0 Å². The van der Waals surface area contributed by atoms with Crippen LogP contribution >= 0.6 is 0 Å². The number of piperidine rings is 1. The monoisotopic (exact) mass is 370 g/mol. The molecule has 0 bridgehead atoms. The van der Waals surface area contributed by atoms with Crippen molar-refractivity contribution in [2.75, 3.05) is 39.0 Å². The minimum absolute atomic E-state index is 0.0203. The summed E-state index contributed by atoms with van der Waals surface area (Å²) in [6.07, 6.45) is 2.52. The summed E-state index contributed by atoms with van der Waals surface area (Å²) in [6.45, 7) is 6.79. The molecular weight excluding hydrogens is 344 g/mol. The molecule has 0 saturated carbocycles.